The van der Waals surface area contributed by atoms with Gasteiger partial charge in [0.15, 0.2) is 0 Å². The Hall–Kier alpha value is -2.39. The van der Waals surface area contributed by atoms with Gasteiger partial charge in [-0.3, -0.25) is 19.5 Å². The molecule has 2 aliphatic heterocycles. The maximum atomic E-state index is 13.8. The van der Waals surface area contributed by atoms with Gasteiger partial charge in [-0.2, -0.15) is 0 Å². The van der Waals surface area contributed by atoms with E-state index in [9.17, 15) is 14.7 Å². The van der Waals surface area contributed by atoms with E-state index in [-0.39, 0.29) is 42.5 Å². The summed E-state index contributed by atoms with van der Waals surface area (Å²) in [6.07, 6.45) is 9.09. The van der Waals surface area contributed by atoms with Crippen molar-refractivity contribution in [2.24, 2.45) is 5.92 Å². The molecule has 2 N–H and O–H groups in total. The molecule has 1 aliphatic carbocycles. The first kappa shape index (κ1) is 34.1. The third-order valence-corrected chi connectivity index (χ3v) is 9.10. The molecule has 2 atom stereocenters. The number of nitrogens with zero attached hydrogens (tertiary/aromatic N) is 3. The molecular formula is C32H46Cl2N4O4. The van der Waals surface area contributed by atoms with Crippen molar-refractivity contribution in [3.63, 3.8) is 0 Å². The minimum atomic E-state index is -0.828. The van der Waals surface area contributed by atoms with Crippen molar-refractivity contribution < 1.29 is 19.4 Å². The minimum absolute atomic E-state index is 0. The van der Waals surface area contributed by atoms with Crippen LogP contribution in [-0.4, -0.2) is 69.0 Å². The lowest BCUT2D eigenvalue weighted by molar-refractivity contribution is -0.166. The maximum Gasteiger partial charge on any atom is 0.248 e. The molecule has 1 saturated carbocycles. The van der Waals surface area contributed by atoms with Gasteiger partial charge in [0, 0.05) is 31.9 Å². The van der Waals surface area contributed by atoms with E-state index in [0.29, 0.717) is 25.1 Å². The van der Waals surface area contributed by atoms with Crippen LogP contribution >= 0.6 is 24.8 Å². The lowest BCUT2D eigenvalue weighted by Crippen LogP contribution is -2.75. The van der Waals surface area contributed by atoms with Gasteiger partial charge in [0.2, 0.25) is 11.8 Å². The molecule has 0 bridgehead atoms. The Balaban J connectivity index is 0.00000242. The number of halogens is 2. The lowest BCUT2D eigenvalue weighted by atomic mass is 9.78. The number of piperidine rings is 1. The van der Waals surface area contributed by atoms with Crippen molar-refractivity contribution in [3.05, 3.63) is 53.9 Å². The van der Waals surface area contributed by atoms with Crippen LogP contribution in [0.2, 0.25) is 0 Å². The van der Waals surface area contributed by atoms with E-state index in [1.165, 1.54) is 12.0 Å². The van der Waals surface area contributed by atoms with E-state index in [1.807, 2.05) is 36.1 Å². The predicted octanol–water partition coefficient (Wildman–Crippen LogP) is 5.43. The first-order valence-corrected chi connectivity index (χ1v) is 15.1. The molecule has 1 aromatic carbocycles. The number of benzene rings is 1. The van der Waals surface area contributed by atoms with Gasteiger partial charge >= 0.3 is 0 Å². The SMILES string of the molecule is CCCCN1C(=O)[C@@H]([C@H](O)C2CCCCC2)NC(=O)C12CCN(Cc1ccc(Oc3ccc(C)nc3)cc1)CC2.Cl.Cl. The zero-order valence-corrected chi connectivity index (χ0v) is 26.4. The summed E-state index contributed by atoms with van der Waals surface area (Å²) in [6.45, 7) is 6.84. The number of pyridine rings is 1. The number of amides is 2. The van der Waals surface area contributed by atoms with Crippen molar-refractivity contribution in [2.75, 3.05) is 19.6 Å². The number of unbranched alkanes of at least 4 members (excludes halogenated alkanes) is 1. The average Bonchev–Trinajstić information content (AvgIpc) is 2.98. The maximum absolute atomic E-state index is 13.8. The smallest absolute Gasteiger partial charge is 0.248 e. The van der Waals surface area contributed by atoms with Gasteiger partial charge in [0.1, 0.15) is 23.1 Å². The molecule has 2 aromatic rings. The number of aliphatic hydroxyl groups excluding tert-OH is 1. The molecule has 3 fully saturated rings. The Labute approximate surface area is 262 Å². The fourth-order valence-electron chi connectivity index (χ4n) is 6.61. The van der Waals surface area contributed by atoms with E-state index in [1.54, 1.807) is 6.20 Å². The number of hydrogen-bond donors (Lipinski definition) is 2. The number of aromatic nitrogens is 1. The van der Waals surface area contributed by atoms with E-state index in [0.717, 1.165) is 69.6 Å². The number of likely N-dealkylation sites (tertiary alicyclic amines) is 1. The van der Waals surface area contributed by atoms with E-state index in [2.05, 4.69) is 34.3 Å². The summed E-state index contributed by atoms with van der Waals surface area (Å²) in [5, 5.41) is 14.2. The van der Waals surface area contributed by atoms with Crippen molar-refractivity contribution >= 4 is 36.6 Å². The largest absolute Gasteiger partial charge is 0.456 e. The van der Waals surface area contributed by atoms with Crippen LogP contribution < -0.4 is 10.1 Å². The van der Waals surface area contributed by atoms with Crippen molar-refractivity contribution in [2.45, 2.75) is 95.9 Å². The van der Waals surface area contributed by atoms with Crippen LogP contribution in [0.5, 0.6) is 11.5 Å². The number of ether oxygens (including phenoxy) is 1. The lowest BCUT2D eigenvalue weighted by Gasteiger charge is -2.52. The van der Waals surface area contributed by atoms with Gasteiger partial charge in [0.25, 0.3) is 0 Å². The second kappa shape index (κ2) is 15.4. The molecule has 10 heteroatoms. The van der Waals surface area contributed by atoms with Gasteiger partial charge in [-0.15, -0.1) is 24.8 Å². The molecule has 8 nitrogen and oxygen atoms in total. The summed E-state index contributed by atoms with van der Waals surface area (Å²) >= 11 is 0. The highest BCUT2D eigenvalue weighted by molar-refractivity contribution is 6.00. The van der Waals surface area contributed by atoms with Crippen LogP contribution in [0.4, 0.5) is 0 Å². The summed E-state index contributed by atoms with van der Waals surface area (Å²) in [7, 11) is 0. The molecule has 232 valence electrons. The van der Waals surface area contributed by atoms with Crippen LogP contribution in [0.1, 0.15) is 76.0 Å². The second-order valence-electron chi connectivity index (χ2n) is 11.9. The Kier molecular flexibility index (Phi) is 12.5. The Bertz CT molecular complexity index is 1150. The summed E-state index contributed by atoms with van der Waals surface area (Å²) in [5.74, 6) is 1.37. The zero-order valence-electron chi connectivity index (χ0n) is 24.8. The van der Waals surface area contributed by atoms with Gasteiger partial charge < -0.3 is 20.1 Å². The van der Waals surface area contributed by atoms with E-state index in [4.69, 9.17) is 4.74 Å². The van der Waals surface area contributed by atoms with Crippen molar-refractivity contribution in [3.8, 4) is 11.5 Å². The summed E-state index contributed by atoms with van der Waals surface area (Å²) in [5.41, 5.74) is 1.30. The zero-order chi connectivity index (χ0) is 28.1. The van der Waals surface area contributed by atoms with Crippen LogP contribution in [0.25, 0.3) is 0 Å². The summed E-state index contributed by atoms with van der Waals surface area (Å²) in [6, 6.07) is 11.1. The third-order valence-electron chi connectivity index (χ3n) is 9.10. The molecule has 0 unspecified atom stereocenters. The molecule has 2 saturated heterocycles. The molecule has 1 spiro atoms. The van der Waals surface area contributed by atoms with E-state index < -0.39 is 17.7 Å². The monoisotopic (exact) mass is 620 g/mol. The van der Waals surface area contributed by atoms with Crippen LogP contribution in [-0.2, 0) is 16.1 Å². The number of rotatable bonds is 9. The fourth-order valence-corrected chi connectivity index (χ4v) is 6.61. The number of carbonyl (C=O) groups excluding carboxylic acids is 2. The van der Waals surface area contributed by atoms with Gasteiger partial charge in [-0.05, 0) is 74.8 Å². The minimum Gasteiger partial charge on any atom is -0.456 e. The quantitative estimate of drug-likeness (QED) is 0.388. The molecule has 42 heavy (non-hydrogen) atoms. The first-order chi connectivity index (χ1) is 19.4. The van der Waals surface area contributed by atoms with Crippen molar-refractivity contribution in [1.82, 2.24) is 20.1 Å². The van der Waals surface area contributed by atoms with E-state index >= 15 is 0 Å². The Morgan fingerprint density at radius 1 is 1.02 bits per heavy atom. The van der Waals surface area contributed by atoms with Crippen LogP contribution in [0.3, 0.4) is 0 Å². The number of piperazine rings is 1. The average molecular weight is 622 g/mol. The highest BCUT2D eigenvalue weighted by Crippen LogP contribution is 2.36. The molecular weight excluding hydrogens is 575 g/mol. The highest BCUT2D eigenvalue weighted by atomic mass is 35.5. The number of hydrogen-bond acceptors (Lipinski definition) is 6. The number of aryl methyl sites for hydroxylation is 1. The Morgan fingerprint density at radius 3 is 2.31 bits per heavy atom. The third kappa shape index (κ3) is 7.57. The number of aliphatic hydroxyl groups is 1. The van der Waals surface area contributed by atoms with Gasteiger partial charge in [0.05, 0.1) is 12.3 Å². The second-order valence-corrected chi connectivity index (χ2v) is 11.9. The highest BCUT2D eigenvalue weighted by Gasteiger charge is 2.55. The summed E-state index contributed by atoms with van der Waals surface area (Å²) in [4.78, 5) is 36.0. The standard InChI is InChI=1S/C32H44N4O4.2ClH/c1-3-4-18-36-30(38)28(29(37)25-8-6-5-7-9-25)34-31(39)32(36)16-19-35(20-17-32)22-24-11-14-26(15-12-24)40-27-13-10-23(2)33-21-27;;/h10-15,21,25,28-29,37H,3-9,16-20,22H2,1-2H3,(H,34,39);2*1H/t28-,29-;;/m1../s1. The fraction of sp³-hybridized carbons (Fsp3) is 0.594. The molecule has 2 amide bonds. The first-order valence-electron chi connectivity index (χ1n) is 15.1. The predicted molar refractivity (Wildman–Crippen MR) is 168 cm³/mol. The Morgan fingerprint density at radius 2 is 1.69 bits per heavy atom. The molecule has 0 radical (unpaired) electrons. The van der Waals surface area contributed by atoms with Gasteiger partial charge in [-0.1, -0.05) is 44.7 Å². The normalized spacial score (nSPS) is 21.7. The molecule has 5 rings (SSSR count). The molecule has 3 heterocycles. The molecule has 3 aliphatic rings. The van der Waals surface area contributed by atoms with Crippen LogP contribution in [0.15, 0.2) is 42.6 Å². The van der Waals surface area contributed by atoms with Gasteiger partial charge in [-0.25, -0.2) is 0 Å². The van der Waals surface area contributed by atoms with Crippen molar-refractivity contribution in [1.29, 1.82) is 0 Å². The number of nitrogens with one attached hydrogen (secondary N) is 1. The summed E-state index contributed by atoms with van der Waals surface area (Å²) < 4.78 is 5.91. The number of carbonyl (C=O) groups is 2. The van der Waals surface area contributed by atoms with Crippen LogP contribution in [0, 0.1) is 12.8 Å². The molecule has 1 aromatic heterocycles. The topological polar surface area (TPSA) is 95.0 Å².